The van der Waals surface area contributed by atoms with E-state index in [0.717, 1.165) is 16.3 Å². The Morgan fingerprint density at radius 2 is 1.13 bits per heavy atom. The molecule has 0 aliphatic heterocycles. The third-order valence-corrected chi connectivity index (χ3v) is 10.2. The summed E-state index contributed by atoms with van der Waals surface area (Å²) in [6, 6.07) is 22.9. The first kappa shape index (κ1) is 48.1. The SMILES string of the molecule is CC(C)NCCCC[C@H](NC(=O)[C@H](Cc1ccc(O)cc1)NC(=O)[C@@H](N)Cc1ccccc1)C(=O)N[C@H](CCCN=C(N)N)C(=O)N[C@@H](Cc1ccc2ccccc2c1)C(=O)O. The maximum atomic E-state index is 14.3. The van der Waals surface area contributed by atoms with Gasteiger partial charge in [0, 0.05) is 25.4 Å². The fraction of sp³-hybridized carbons (Fsp3) is 0.391. The highest BCUT2D eigenvalue weighted by Gasteiger charge is 2.32. The second-order valence-electron chi connectivity index (χ2n) is 15.7. The number of carboxylic acids is 1. The number of nitrogens with one attached hydrogen (secondary N) is 5. The van der Waals surface area contributed by atoms with Crippen LogP contribution < -0.4 is 43.8 Å². The Morgan fingerprint density at radius 1 is 0.597 bits per heavy atom. The molecule has 13 N–H and O–H groups in total. The van der Waals surface area contributed by atoms with Crippen LogP contribution in [-0.2, 0) is 43.2 Å². The summed E-state index contributed by atoms with van der Waals surface area (Å²) >= 11 is 0. The van der Waals surface area contributed by atoms with E-state index in [4.69, 9.17) is 17.2 Å². The second kappa shape index (κ2) is 24.7. The van der Waals surface area contributed by atoms with E-state index < -0.39 is 59.8 Å². The molecule has 16 nitrogen and oxygen atoms in total. The summed E-state index contributed by atoms with van der Waals surface area (Å²) in [4.78, 5) is 72.3. The lowest BCUT2D eigenvalue weighted by Gasteiger charge is -2.27. The number of aliphatic imine (C=N–C) groups is 1. The number of nitrogens with zero attached hydrogens (tertiary/aromatic N) is 1. The Morgan fingerprint density at radius 3 is 1.76 bits per heavy atom. The summed E-state index contributed by atoms with van der Waals surface area (Å²) in [6.45, 7) is 4.82. The predicted octanol–water partition coefficient (Wildman–Crippen LogP) is 2.15. The number of hydrogen-bond donors (Lipinski definition) is 10. The molecule has 0 aromatic heterocycles. The zero-order chi connectivity index (χ0) is 45.0. The van der Waals surface area contributed by atoms with Gasteiger partial charge in [0.25, 0.3) is 0 Å². The van der Waals surface area contributed by atoms with Gasteiger partial charge >= 0.3 is 5.97 Å². The van der Waals surface area contributed by atoms with Gasteiger partial charge in [0.05, 0.1) is 6.04 Å². The minimum atomic E-state index is -1.33. The highest BCUT2D eigenvalue weighted by molar-refractivity contribution is 5.95. The molecule has 0 fully saturated rings. The van der Waals surface area contributed by atoms with Gasteiger partial charge in [-0.3, -0.25) is 24.2 Å². The van der Waals surface area contributed by atoms with E-state index >= 15 is 0 Å². The number of aliphatic carboxylic acids is 1. The molecule has 0 aliphatic rings. The lowest BCUT2D eigenvalue weighted by Crippen LogP contribution is -2.59. The summed E-state index contributed by atoms with van der Waals surface area (Å²) in [5, 5.41) is 36.2. The number of carbonyl (C=O) groups is 5. The lowest BCUT2D eigenvalue weighted by molar-refractivity contribution is -0.142. The van der Waals surface area contributed by atoms with E-state index in [1.54, 1.807) is 18.2 Å². The summed E-state index contributed by atoms with van der Waals surface area (Å²) < 4.78 is 0. The van der Waals surface area contributed by atoms with Crippen molar-refractivity contribution in [3.8, 4) is 5.75 Å². The van der Waals surface area contributed by atoms with Crippen LogP contribution in [0.1, 0.15) is 62.6 Å². The predicted molar refractivity (Wildman–Crippen MR) is 240 cm³/mol. The molecular weight excluding hydrogens is 791 g/mol. The van der Waals surface area contributed by atoms with Gasteiger partial charge in [0.2, 0.25) is 23.6 Å². The molecule has 0 radical (unpaired) electrons. The molecule has 0 bridgehead atoms. The lowest BCUT2D eigenvalue weighted by atomic mass is 10.0. The van der Waals surface area contributed by atoms with Crippen LogP contribution in [0.4, 0.5) is 0 Å². The number of benzene rings is 4. The second-order valence-corrected chi connectivity index (χ2v) is 15.7. The number of phenols is 1. The average Bonchev–Trinajstić information content (AvgIpc) is 3.24. The van der Waals surface area contributed by atoms with E-state index in [1.807, 2.05) is 80.6 Å². The van der Waals surface area contributed by atoms with Gasteiger partial charge < -0.3 is 54.0 Å². The van der Waals surface area contributed by atoms with Gasteiger partial charge in [-0.25, -0.2) is 4.79 Å². The van der Waals surface area contributed by atoms with Gasteiger partial charge in [-0.15, -0.1) is 0 Å². The topological polar surface area (TPSA) is 276 Å². The number of carboxylic acid groups (broad SMARTS) is 1. The normalized spacial score (nSPS) is 13.5. The first-order valence-corrected chi connectivity index (χ1v) is 21.0. The molecule has 0 heterocycles. The molecule has 0 saturated carbocycles. The highest BCUT2D eigenvalue weighted by atomic mass is 16.4. The largest absolute Gasteiger partial charge is 0.508 e. The molecule has 332 valence electrons. The monoisotopic (exact) mass is 851 g/mol. The molecule has 0 aliphatic carbocycles. The van der Waals surface area contributed by atoms with Crippen molar-refractivity contribution >= 4 is 46.3 Å². The van der Waals surface area contributed by atoms with Crippen molar-refractivity contribution in [3.05, 3.63) is 114 Å². The molecule has 4 aromatic carbocycles. The first-order chi connectivity index (χ1) is 29.7. The molecule has 4 rings (SSSR count). The number of phenolic OH excluding ortho intramolecular Hbond substituents is 1. The van der Waals surface area contributed by atoms with Crippen LogP contribution in [0.2, 0.25) is 0 Å². The van der Waals surface area contributed by atoms with E-state index in [1.165, 1.54) is 12.1 Å². The van der Waals surface area contributed by atoms with Crippen LogP contribution in [0, 0.1) is 0 Å². The minimum absolute atomic E-state index is 0.00612. The molecule has 16 heteroatoms. The van der Waals surface area contributed by atoms with E-state index in [2.05, 4.69) is 31.6 Å². The number of fused-ring (bicyclic) bond motifs is 1. The molecule has 0 saturated heterocycles. The van der Waals surface area contributed by atoms with Crippen molar-refractivity contribution in [2.75, 3.05) is 13.1 Å². The number of guanidine groups is 1. The number of amides is 4. The summed E-state index contributed by atoms with van der Waals surface area (Å²) in [5.41, 5.74) is 19.5. The van der Waals surface area contributed by atoms with Crippen LogP contribution in [-0.4, -0.2) is 95.1 Å². The molecule has 4 aromatic rings. The van der Waals surface area contributed by atoms with E-state index in [9.17, 15) is 34.2 Å². The van der Waals surface area contributed by atoms with Crippen LogP contribution in [0.25, 0.3) is 10.8 Å². The number of rotatable bonds is 25. The molecule has 5 atom stereocenters. The van der Waals surface area contributed by atoms with Crippen molar-refractivity contribution in [2.45, 2.75) is 101 Å². The number of nitrogens with two attached hydrogens (primary N) is 3. The van der Waals surface area contributed by atoms with Crippen molar-refractivity contribution in [1.29, 1.82) is 0 Å². The highest BCUT2D eigenvalue weighted by Crippen LogP contribution is 2.18. The Bertz CT molecular complexity index is 2110. The third kappa shape index (κ3) is 16.5. The van der Waals surface area contributed by atoms with Gasteiger partial charge in [0.15, 0.2) is 5.96 Å². The Hall–Kier alpha value is -6.52. The van der Waals surface area contributed by atoms with Crippen molar-refractivity contribution in [3.63, 3.8) is 0 Å². The zero-order valence-corrected chi connectivity index (χ0v) is 35.4. The Labute approximate surface area is 362 Å². The molecule has 62 heavy (non-hydrogen) atoms. The number of hydrogen-bond acceptors (Lipinski definition) is 9. The van der Waals surface area contributed by atoms with Crippen LogP contribution in [0.5, 0.6) is 5.75 Å². The maximum Gasteiger partial charge on any atom is 0.326 e. The van der Waals surface area contributed by atoms with Gasteiger partial charge in [-0.05, 0) is 84.7 Å². The van der Waals surface area contributed by atoms with Gasteiger partial charge in [0.1, 0.15) is 29.9 Å². The maximum absolute atomic E-state index is 14.3. The van der Waals surface area contributed by atoms with Gasteiger partial charge in [-0.1, -0.05) is 98.8 Å². The van der Waals surface area contributed by atoms with E-state index in [-0.39, 0.29) is 62.8 Å². The standard InChI is InChI=1S/C46H61N9O7/c1-29(2)50-23-9-8-15-37(53-44(60)39(27-31-18-21-35(56)22-19-31)54-41(57)36(47)26-30-11-4-3-5-12-30)42(58)52-38(16-10-24-51-46(48)49)43(59)55-40(45(61)62)28-32-17-20-33-13-6-7-14-34(33)25-32/h3-7,11-14,17-22,25,29,36-40,50,56H,8-10,15-16,23-24,26-28,47H2,1-2H3,(H,52,58)(H,53,60)(H,54,57)(H,55,59)(H,61,62)(H4,48,49,51)/t36-,37-,38+,39-,40-/m0/s1. The number of aromatic hydroxyl groups is 1. The number of unbranched alkanes of at least 4 members (excludes halogenated alkanes) is 1. The van der Waals surface area contributed by atoms with Crippen LogP contribution >= 0.6 is 0 Å². The van der Waals surface area contributed by atoms with E-state index in [0.29, 0.717) is 30.5 Å². The summed E-state index contributed by atoms with van der Waals surface area (Å²) in [5.74, 6) is -4.07. The van der Waals surface area contributed by atoms with Crippen molar-refractivity contribution in [2.24, 2.45) is 22.2 Å². The molecule has 0 spiro atoms. The number of carbonyl (C=O) groups excluding carboxylic acids is 4. The molecule has 4 amide bonds. The molecular formula is C46H61N9O7. The van der Waals surface area contributed by atoms with Crippen LogP contribution in [0.3, 0.4) is 0 Å². The average molecular weight is 852 g/mol. The Balaban J connectivity index is 1.56. The van der Waals surface area contributed by atoms with Crippen LogP contribution in [0.15, 0.2) is 102 Å². The Kier molecular flexibility index (Phi) is 19.2. The van der Waals surface area contributed by atoms with Gasteiger partial charge in [-0.2, -0.15) is 0 Å². The first-order valence-electron chi connectivity index (χ1n) is 21.0. The van der Waals surface area contributed by atoms with Crippen molar-refractivity contribution < 1.29 is 34.2 Å². The summed E-state index contributed by atoms with van der Waals surface area (Å²) in [7, 11) is 0. The van der Waals surface area contributed by atoms with Crippen molar-refractivity contribution in [1.82, 2.24) is 26.6 Å². The minimum Gasteiger partial charge on any atom is -0.508 e. The smallest absolute Gasteiger partial charge is 0.326 e. The summed E-state index contributed by atoms with van der Waals surface area (Å²) in [6.07, 6.45) is 1.83. The third-order valence-electron chi connectivity index (χ3n) is 10.2. The fourth-order valence-electron chi connectivity index (χ4n) is 6.84. The molecule has 0 unspecified atom stereocenters. The quantitative estimate of drug-likeness (QED) is 0.0262. The zero-order valence-electron chi connectivity index (χ0n) is 35.4. The fourth-order valence-corrected chi connectivity index (χ4v) is 6.84.